The van der Waals surface area contributed by atoms with Gasteiger partial charge < -0.3 is 24.8 Å². The van der Waals surface area contributed by atoms with Gasteiger partial charge in [0, 0.05) is 19.4 Å². The molecule has 0 aromatic carbocycles. The molecule has 2 heterocycles. The Morgan fingerprint density at radius 3 is 2.03 bits per heavy atom. The maximum Gasteiger partial charge on any atom is 0.278 e. The molecule has 33 heavy (non-hydrogen) atoms. The SMILES string of the molecule is O=CCCCCCCCN(CCCCCCCC=O)CCCNc1nc2nc[nH]c2c(=O)[nH]1. The highest BCUT2D eigenvalue weighted by atomic mass is 16.1. The molecule has 0 saturated carbocycles. The fraction of sp³-hybridized carbons (Fsp3) is 0.708. The van der Waals surface area contributed by atoms with Gasteiger partial charge in [0.1, 0.15) is 12.6 Å². The molecule has 0 bridgehead atoms. The maximum absolute atomic E-state index is 12.0. The number of aromatic amines is 2. The Labute approximate surface area is 196 Å². The molecule has 0 saturated heterocycles. The highest BCUT2D eigenvalue weighted by Crippen LogP contribution is 2.09. The van der Waals surface area contributed by atoms with Crippen molar-refractivity contribution < 1.29 is 9.59 Å². The average molecular weight is 461 g/mol. The number of unbranched alkanes of at least 4 members (excludes halogenated alkanes) is 10. The lowest BCUT2D eigenvalue weighted by molar-refractivity contribution is -0.108. The number of anilines is 1. The largest absolute Gasteiger partial charge is 0.356 e. The topological polar surface area (TPSA) is 124 Å². The van der Waals surface area contributed by atoms with E-state index in [0.29, 0.717) is 30.0 Å². The molecule has 0 amide bonds. The number of hydrogen-bond donors (Lipinski definition) is 3. The zero-order valence-corrected chi connectivity index (χ0v) is 19.8. The number of fused-ring (bicyclic) bond motifs is 1. The summed E-state index contributed by atoms with van der Waals surface area (Å²) in [5, 5.41) is 3.21. The molecule has 184 valence electrons. The minimum absolute atomic E-state index is 0.220. The molecule has 3 N–H and O–H groups in total. The number of nitrogens with zero attached hydrogens (tertiary/aromatic N) is 3. The van der Waals surface area contributed by atoms with Gasteiger partial charge in [-0.1, -0.05) is 38.5 Å². The van der Waals surface area contributed by atoms with E-state index in [4.69, 9.17) is 0 Å². The molecular formula is C24H40N6O3. The lowest BCUT2D eigenvalue weighted by atomic mass is 10.1. The summed E-state index contributed by atoms with van der Waals surface area (Å²) in [6.45, 7) is 3.91. The number of imidazole rings is 1. The van der Waals surface area contributed by atoms with Crippen molar-refractivity contribution in [3.05, 3.63) is 16.7 Å². The van der Waals surface area contributed by atoms with Gasteiger partial charge in [-0.2, -0.15) is 4.98 Å². The quantitative estimate of drug-likeness (QED) is 0.191. The second-order valence-electron chi connectivity index (χ2n) is 8.58. The molecule has 0 radical (unpaired) electrons. The van der Waals surface area contributed by atoms with Crippen molar-refractivity contribution in [3.63, 3.8) is 0 Å². The molecule has 2 aromatic heterocycles. The van der Waals surface area contributed by atoms with Crippen molar-refractivity contribution >= 4 is 29.7 Å². The van der Waals surface area contributed by atoms with Gasteiger partial charge in [0.2, 0.25) is 5.95 Å². The molecule has 0 atom stereocenters. The van der Waals surface area contributed by atoms with E-state index in [2.05, 4.69) is 30.2 Å². The summed E-state index contributed by atoms with van der Waals surface area (Å²) in [7, 11) is 0. The molecule has 2 rings (SSSR count). The zero-order chi connectivity index (χ0) is 23.6. The summed E-state index contributed by atoms with van der Waals surface area (Å²) < 4.78 is 0. The number of nitrogens with one attached hydrogen (secondary N) is 3. The van der Waals surface area contributed by atoms with Gasteiger partial charge in [-0.25, -0.2) is 4.98 Å². The molecule has 0 aliphatic carbocycles. The van der Waals surface area contributed by atoms with E-state index in [1.165, 1.54) is 44.9 Å². The van der Waals surface area contributed by atoms with Crippen LogP contribution in [0, 0.1) is 0 Å². The Bertz CT molecular complexity index is 828. The van der Waals surface area contributed by atoms with E-state index in [-0.39, 0.29) is 5.56 Å². The second kappa shape index (κ2) is 17.0. The number of hydrogen-bond acceptors (Lipinski definition) is 7. The summed E-state index contributed by atoms with van der Waals surface area (Å²) in [4.78, 5) is 49.3. The minimum atomic E-state index is -0.220. The number of carbonyl (C=O) groups excluding carboxylic acids is 2. The second-order valence-corrected chi connectivity index (χ2v) is 8.58. The van der Waals surface area contributed by atoms with E-state index in [0.717, 1.165) is 70.9 Å². The third-order valence-corrected chi connectivity index (χ3v) is 5.83. The standard InChI is InChI=1S/C24H40N6O3/c31-18-11-7-3-1-5-9-15-30(16-10-6-2-4-8-12-19-32)17-13-14-25-24-28-22-21(23(33)29-24)26-20-27-22/h18-20H,1-17H2,(H3,25,26,27,28,29,33). The first kappa shape index (κ1) is 26.7. The summed E-state index contributed by atoms with van der Waals surface area (Å²) in [6, 6.07) is 0. The van der Waals surface area contributed by atoms with Gasteiger partial charge in [-0.15, -0.1) is 0 Å². The molecule has 0 aliphatic heterocycles. The number of aromatic nitrogens is 4. The van der Waals surface area contributed by atoms with Crippen LogP contribution < -0.4 is 10.9 Å². The smallest absolute Gasteiger partial charge is 0.278 e. The van der Waals surface area contributed by atoms with E-state index in [9.17, 15) is 14.4 Å². The first-order chi connectivity index (χ1) is 16.2. The lowest BCUT2D eigenvalue weighted by Gasteiger charge is -2.22. The van der Waals surface area contributed by atoms with Gasteiger partial charge in [0.25, 0.3) is 5.56 Å². The third kappa shape index (κ3) is 11.2. The molecule has 2 aromatic rings. The van der Waals surface area contributed by atoms with E-state index >= 15 is 0 Å². The molecule has 0 aliphatic rings. The van der Waals surface area contributed by atoms with Crippen LogP contribution in [0.1, 0.15) is 83.5 Å². The van der Waals surface area contributed by atoms with Gasteiger partial charge in [-0.05, 0) is 51.7 Å². The molecule has 0 spiro atoms. The Morgan fingerprint density at radius 1 is 0.818 bits per heavy atom. The first-order valence-electron chi connectivity index (χ1n) is 12.5. The van der Waals surface area contributed by atoms with Crippen molar-refractivity contribution in [2.45, 2.75) is 83.5 Å². The number of H-pyrrole nitrogens is 2. The fourth-order valence-corrected chi connectivity index (χ4v) is 3.96. The monoisotopic (exact) mass is 460 g/mol. The van der Waals surface area contributed by atoms with Crippen LogP contribution in [0.3, 0.4) is 0 Å². The van der Waals surface area contributed by atoms with Crippen LogP contribution >= 0.6 is 0 Å². The third-order valence-electron chi connectivity index (χ3n) is 5.83. The Morgan fingerprint density at radius 2 is 1.39 bits per heavy atom. The molecular weight excluding hydrogens is 420 g/mol. The highest BCUT2D eigenvalue weighted by Gasteiger charge is 2.07. The Hall–Kier alpha value is -2.55. The van der Waals surface area contributed by atoms with Crippen LogP contribution in [-0.2, 0) is 9.59 Å². The zero-order valence-electron chi connectivity index (χ0n) is 19.8. The van der Waals surface area contributed by atoms with Crippen molar-refractivity contribution in [2.24, 2.45) is 0 Å². The summed E-state index contributed by atoms with van der Waals surface area (Å²) in [5.41, 5.74) is 0.594. The fourth-order valence-electron chi connectivity index (χ4n) is 3.96. The summed E-state index contributed by atoms with van der Waals surface area (Å²) in [5.74, 6) is 0.455. The number of carbonyl (C=O) groups is 2. The van der Waals surface area contributed by atoms with Crippen molar-refractivity contribution in [1.29, 1.82) is 0 Å². The predicted molar refractivity (Wildman–Crippen MR) is 132 cm³/mol. The highest BCUT2D eigenvalue weighted by molar-refractivity contribution is 5.69. The Kier molecular flexibility index (Phi) is 13.8. The lowest BCUT2D eigenvalue weighted by Crippen LogP contribution is -2.28. The molecule has 9 nitrogen and oxygen atoms in total. The van der Waals surface area contributed by atoms with Gasteiger partial charge in [0.15, 0.2) is 11.2 Å². The van der Waals surface area contributed by atoms with Crippen LogP contribution in [0.2, 0.25) is 0 Å². The van der Waals surface area contributed by atoms with E-state index in [1.807, 2.05) is 0 Å². The summed E-state index contributed by atoms with van der Waals surface area (Å²) >= 11 is 0. The number of rotatable bonds is 21. The average Bonchev–Trinajstić information content (AvgIpc) is 3.29. The predicted octanol–water partition coefficient (Wildman–Crippen LogP) is 3.83. The van der Waals surface area contributed by atoms with E-state index < -0.39 is 0 Å². The molecule has 9 heteroatoms. The molecule has 0 unspecified atom stereocenters. The Balaban J connectivity index is 1.68. The van der Waals surface area contributed by atoms with Crippen LogP contribution in [0.5, 0.6) is 0 Å². The van der Waals surface area contributed by atoms with Crippen LogP contribution in [-0.4, -0.2) is 63.6 Å². The van der Waals surface area contributed by atoms with Crippen LogP contribution in [0.15, 0.2) is 11.1 Å². The summed E-state index contributed by atoms with van der Waals surface area (Å²) in [6.07, 6.45) is 17.2. The van der Waals surface area contributed by atoms with Crippen LogP contribution in [0.4, 0.5) is 5.95 Å². The van der Waals surface area contributed by atoms with Gasteiger partial charge >= 0.3 is 0 Å². The number of aldehydes is 2. The van der Waals surface area contributed by atoms with Crippen molar-refractivity contribution in [3.8, 4) is 0 Å². The van der Waals surface area contributed by atoms with Crippen molar-refractivity contribution in [2.75, 3.05) is 31.5 Å². The first-order valence-corrected chi connectivity index (χ1v) is 12.5. The minimum Gasteiger partial charge on any atom is -0.356 e. The van der Waals surface area contributed by atoms with Gasteiger partial charge in [-0.3, -0.25) is 9.78 Å². The van der Waals surface area contributed by atoms with Crippen LogP contribution in [0.25, 0.3) is 11.2 Å². The molecule has 0 fully saturated rings. The maximum atomic E-state index is 12.0. The normalized spacial score (nSPS) is 11.3. The van der Waals surface area contributed by atoms with Gasteiger partial charge in [0.05, 0.1) is 6.33 Å². The van der Waals surface area contributed by atoms with E-state index in [1.54, 1.807) is 0 Å². The van der Waals surface area contributed by atoms with Crippen molar-refractivity contribution in [1.82, 2.24) is 24.8 Å².